The monoisotopic (exact) mass is 391 g/mol. The zero-order valence-corrected chi connectivity index (χ0v) is 16.8. The van der Waals surface area contributed by atoms with E-state index in [2.05, 4.69) is 20.2 Å². The van der Waals surface area contributed by atoms with Crippen LogP contribution in [0, 0.1) is 13.8 Å². The molecule has 4 rings (SSSR count). The van der Waals surface area contributed by atoms with Crippen molar-refractivity contribution in [1.82, 2.24) is 25.1 Å². The first-order valence-electron chi connectivity index (χ1n) is 10.1. The van der Waals surface area contributed by atoms with E-state index in [1.807, 2.05) is 36.9 Å². The van der Waals surface area contributed by atoms with Gasteiger partial charge in [-0.05, 0) is 43.9 Å². The Bertz CT molecular complexity index is 1050. The summed E-state index contributed by atoms with van der Waals surface area (Å²) in [6, 6.07) is 5.71. The molecule has 1 amide bonds. The number of piperidine rings is 1. The number of fused-ring (bicyclic) bond motifs is 1. The van der Waals surface area contributed by atoms with Crippen molar-refractivity contribution >= 4 is 22.9 Å². The number of hydrogen-bond acceptors (Lipinski definition) is 5. The minimum atomic E-state index is 0.0267. The Morgan fingerprint density at radius 3 is 2.59 bits per heavy atom. The fourth-order valence-electron chi connectivity index (χ4n) is 3.91. The molecule has 1 aromatic carbocycles. The van der Waals surface area contributed by atoms with Gasteiger partial charge in [-0.15, -0.1) is 0 Å². The summed E-state index contributed by atoms with van der Waals surface area (Å²) in [6.07, 6.45) is 5.52. The quantitative estimate of drug-likeness (QED) is 0.674. The predicted octanol–water partition coefficient (Wildman–Crippen LogP) is 3.34. The molecule has 3 aromatic rings. The van der Waals surface area contributed by atoms with E-state index in [4.69, 9.17) is 0 Å². The molecule has 7 heteroatoms. The fraction of sp³-hybridized carbons (Fsp3) is 0.409. The number of nitrogens with zero attached hydrogens (tertiary/aromatic N) is 4. The molecule has 0 bridgehead atoms. The molecule has 0 aliphatic carbocycles. The number of nitrogens with one attached hydrogen (secondary N) is 1. The van der Waals surface area contributed by atoms with Crippen LogP contribution in [0.4, 0.5) is 0 Å². The number of aryl methyl sites for hydroxylation is 2. The summed E-state index contributed by atoms with van der Waals surface area (Å²) in [6.45, 7) is 5.38. The predicted molar refractivity (Wildman–Crippen MR) is 110 cm³/mol. The normalized spacial score (nSPS) is 15.0. The van der Waals surface area contributed by atoms with Gasteiger partial charge in [0.1, 0.15) is 5.52 Å². The van der Waals surface area contributed by atoms with Crippen LogP contribution in [0.25, 0.3) is 11.2 Å². The molecule has 0 spiro atoms. The van der Waals surface area contributed by atoms with Crippen LogP contribution in [0.1, 0.15) is 58.8 Å². The first-order chi connectivity index (χ1) is 14.0. The second-order valence-corrected chi connectivity index (χ2v) is 7.74. The van der Waals surface area contributed by atoms with E-state index in [9.17, 15) is 9.59 Å². The number of aromatic nitrogens is 4. The van der Waals surface area contributed by atoms with Crippen molar-refractivity contribution in [2.45, 2.75) is 45.4 Å². The van der Waals surface area contributed by atoms with Gasteiger partial charge in [0.15, 0.2) is 11.4 Å². The molecule has 150 valence electrons. The van der Waals surface area contributed by atoms with Crippen molar-refractivity contribution in [2.75, 3.05) is 13.1 Å². The van der Waals surface area contributed by atoms with Crippen molar-refractivity contribution in [3.05, 3.63) is 53.0 Å². The topological polar surface area (TPSA) is 91.8 Å². The van der Waals surface area contributed by atoms with Gasteiger partial charge in [-0.3, -0.25) is 14.7 Å². The Kier molecular flexibility index (Phi) is 5.38. The highest BCUT2D eigenvalue weighted by atomic mass is 16.2. The molecular formula is C22H25N5O2. The third-order valence-electron chi connectivity index (χ3n) is 5.87. The SMILES string of the molecule is Cc1ccc(C(=O)CCC(=O)N2CCC(c3[nH]nc4nccnc34)CC2)cc1C. The Morgan fingerprint density at radius 2 is 1.83 bits per heavy atom. The van der Waals surface area contributed by atoms with Crippen LogP contribution >= 0.6 is 0 Å². The summed E-state index contributed by atoms with van der Waals surface area (Å²) < 4.78 is 0. The lowest BCUT2D eigenvalue weighted by Gasteiger charge is -2.31. The summed E-state index contributed by atoms with van der Waals surface area (Å²) in [4.78, 5) is 35.5. The number of ketones is 1. The van der Waals surface area contributed by atoms with E-state index in [0.29, 0.717) is 24.3 Å². The molecule has 7 nitrogen and oxygen atoms in total. The number of H-pyrrole nitrogens is 1. The van der Waals surface area contributed by atoms with E-state index in [0.717, 1.165) is 35.2 Å². The number of hydrogen-bond donors (Lipinski definition) is 1. The molecule has 0 unspecified atom stereocenters. The van der Waals surface area contributed by atoms with E-state index in [1.54, 1.807) is 12.4 Å². The molecule has 1 N–H and O–H groups in total. The number of carbonyl (C=O) groups is 2. The van der Waals surface area contributed by atoms with Crippen LogP contribution in [0.3, 0.4) is 0 Å². The molecule has 1 fully saturated rings. The van der Waals surface area contributed by atoms with Crippen molar-refractivity contribution in [2.24, 2.45) is 0 Å². The smallest absolute Gasteiger partial charge is 0.223 e. The molecule has 3 heterocycles. The van der Waals surface area contributed by atoms with Gasteiger partial charge in [0.25, 0.3) is 0 Å². The molecule has 1 saturated heterocycles. The summed E-state index contributed by atoms with van der Waals surface area (Å²) in [5.41, 5.74) is 5.40. The van der Waals surface area contributed by atoms with Gasteiger partial charge < -0.3 is 4.90 Å². The second kappa shape index (κ2) is 8.11. The summed E-state index contributed by atoms with van der Waals surface area (Å²) >= 11 is 0. The van der Waals surface area contributed by atoms with Gasteiger partial charge in [-0.25, -0.2) is 9.97 Å². The number of benzene rings is 1. The van der Waals surface area contributed by atoms with Crippen molar-refractivity contribution in [3.63, 3.8) is 0 Å². The van der Waals surface area contributed by atoms with Crippen molar-refractivity contribution in [3.8, 4) is 0 Å². The van der Waals surface area contributed by atoms with Crippen molar-refractivity contribution < 1.29 is 9.59 Å². The van der Waals surface area contributed by atoms with Crippen LogP contribution in [-0.4, -0.2) is 49.8 Å². The van der Waals surface area contributed by atoms with E-state index >= 15 is 0 Å². The third kappa shape index (κ3) is 4.04. The van der Waals surface area contributed by atoms with E-state index in [-0.39, 0.29) is 30.4 Å². The Labute approximate surface area is 169 Å². The molecule has 1 aliphatic rings. The summed E-state index contributed by atoms with van der Waals surface area (Å²) in [5.74, 6) is 0.367. The highest BCUT2D eigenvalue weighted by molar-refractivity contribution is 5.98. The Hall–Kier alpha value is -3.09. The largest absolute Gasteiger partial charge is 0.343 e. The third-order valence-corrected chi connectivity index (χ3v) is 5.87. The van der Waals surface area contributed by atoms with Crippen LogP contribution in [0.15, 0.2) is 30.6 Å². The highest BCUT2D eigenvalue weighted by Gasteiger charge is 2.27. The number of rotatable bonds is 5. The van der Waals surface area contributed by atoms with Gasteiger partial charge in [0.2, 0.25) is 5.91 Å². The number of amides is 1. The number of carbonyl (C=O) groups excluding carboxylic acids is 2. The lowest BCUT2D eigenvalue weighted by molar-refractivity contribution is -0.132. The standard InChI is InChI=1S/C22H25N5O2/c1-14-3-4-17(13-15(14)2)18(28)5-6-19(29)27-11-7-16(8-12-27)20-21-22(26-25-20)24-10-9-23-21/h3-4,9-10,13,16H,5-8,11-12H2,1-2H3,(H,24,25,26). The first-order valence-corrected chi connectivity index (χ1v) is 10.1. The maximum absolute atomic E-state index is 12.6. The van der Waals surface area contributed by atoms with Crippen LogP contribution in [0.5, 0.6) is 0 Å². The number of likely N-dealkylation sites (tertiary alicyclic amines) is 1. The molecule has 0 atom stereocenters. The number of aromatic amines is 1. The lowest BCUT2D eigenvalue weighted by Crippen LogP contribution is -2.38. The van der Waals surface area contributed by atoms with E-state index < -0.39 is 0 Å². The average Bonchev–Trinajstić information content (AvgIpc) is 3.18. The van der Waals surface area contributed by atoms with Gasteiger partial charge in [0, 0.05) is 49.8 Å². The van der Waals surface area contributed by atoms with Gasteiger partial charge in [-0.2, -0.15) is 5.10 Å². The van der Waals surface area contributed by atoms with Gasteiger partial charge in [0.05, 0.1) is 5.69 Å². The zero-order chi connectivity index (χ0) is 20.4. The average molecular weight is 391 g/mol. The van der Waals surface area contributed by atoms with Crippen LogP contribution in [0.2, 0.25) is 0 Å². The summed E-state index contributed by atoms with van der Waals surface area (Å²) in [7, 11) is 0. The highest BCUT2D eigenvalue weighted by Crippen LogP contribution is 2.30. The Balaban J connectivity index is 1.31. The van der Waals surface area contributed by atoms with Gasteiger partial charge in [-0.1, -0.05) is 12.1 Å². The molecule has 0 radical (unpaired) electrons. The molecule has 0 saturated carbocycles. The molecule has 29 heavy (non-hydrogen) atoms. The second-order valence-electron chi connectivity index (χ2n) is 7.74. The minimum Gasteiger partial charge on any atom is -0.343 e. The van der Waals surface area contributed by atoms with Crippen molar-refractivity contribution in [1.29, 1.82) is 0 Å². The molecule has 1 aliphatic heterocycles. The maximum Gasteiger partial charge on any atom is 0.223 e. The zero-order valence-electron chi connectivity index (χ0n) is 16.8. The molecular weight excluding hydrogens is 366 g/mol. The molecule has 2 aromatic heterocycles. The first kappa shape index (κ1) is 19.2. The van der Waals surface area contributed by atoms with Crippen LogP contribution in [-0.2, 0) is 4.79 Å². The van der Waals surface area contributed by atoms with E-state index in [1.165, 1.54) is 0 Å². The van der Waals surface area contributed by atoms with Gasteiger partial charge >= 0.3 is 0 Å². The maximum atomic E-state index is 12.6. The fourth-order valence-corrected chi connectivity index (χ4v) is 3.91. The lowest BCUT2D eigenvalue weighted by atomic mass is 9.92. The number of Topliss-reactive ketones (excluding diaryl/α,β-unsaturated/α-hetero) is 1. The Morgan fingerprint density at radius 1 is 1.07 bits per heavy atom. The minimum absolute atomic E-state index is 0.0267. The van der Waals surface area contributed by atoms with Crippen LogP contribution < -0.4 is 0 Å². The summed E-state index contributed by atoms with van der Waals surface area (Å²) in [5, 5.41) is 7.29.